The molecule has 1 aromatic heterocycles. The van der Waals surface area contributed by atoms with Gasteiger partial charge in [0.1, 0.15) is 5.01 Å². The Morgan fingerprint density at radius 2 is 2.37 bits per heavy atom. The molecule has 0 aromatic carbocycles. The fourth-order valence-electron chi connectivity index (χ4n) is 1.41. The van der Waals surface area contributed by atoms with E-state index in [4.69, 9.17) is 10.6 Å². The standard InChI is InChI=1S/C12H23N5OS/c1-3-10-8-15-11(19-10)9-16-12(17-13)14-6-5-7-18-4-2/h8H,3-7,9,13H2,1-2H3,(H2,14,16,17). The molecule has 0 fully saturated rings. The number of hydrazine groups is 1. The fourth-order valence-corrected chi connectivity index (χ4v) is 2.20. The number of nitrogens with one attached hydrogen (secondary N) is 2. The highest BCUT2D eigenvalue weighted by Gasteiger charge is 2.00. The van der Waals surface area contributed by atoms with Crippen molar-refractivity contribution in [2.75, 3.05) is 19.8 Å². The molecule has 6 nitrogen and oxygen atoms in total. The van der Waals surface area contributed by atoms with E-state index in [-0.39, 0.29) is 0 Å². The molecule has 1 rings (SSSR count). The molecule has 0 spiro atoms. The third kappa shape index (κ3) is 6.51. The van der Waals surface area contributed by atoms with Crippen molar-refractivity contribution in [3.05, 3.63) is 16.1 Å². The Morgan fingerprint density at radius 1 is 1.53 bits per heavy atom. The third-order valence-corrected chi connectivity index (χ3v) is 3.55. The molecule has 0 aliphatic rings. The molecule has 0 aliphatic heterocycles. The van der Waals surface area contributed by atoms with Crippen LogP contribution in [0.5, 0.6) is 0 Å². The van der Waals surface area contributed by atoms with E-state index in [9.17, 15) is 0 Å². The number of thiazole rings is 1. The van der Waals surface area contributed by atoms with Gasteiger partial charge in [0.15, 0.2) is 0 Å². The van der Waals surface area contributed by atoms with Crippen molar-refractivity contribution in [1.82, 2.24) is 15.7 Å². The molecule has 1 heterocycles. The first kappa shape index (κ1) is 15.9. The Labute approximate surface area is 118 Å². The van der Waals surface area contributed by atoms with Crippen molar-refractivity contribution in [2.24, 2.45) is 10.8 Å². The van der Waals surface area contributed by atoms with Crippen molar-refractivity contribution in [3.8, 4) is 0 Å². The molecule has 0 aliphatic carbocycles. The summed E-state index contributed by atoms with van der Waals surface area (Å²) in [7, 11) is 0. The van der Waals surface area contributed by atoms with Gasteiger partial charge in [0.05, 0.1) is 6.54 Å². The number of aliphatic imine (C=N–C) groups is 1. The van der Waals surface area contributed by atoms with E-state index in [0.29, 0.717) is 12.5 Å². The van der Waals surface area contributed by atoms with E-state index in [1.165, 1.54) is 4.88 Å². The van der Waals surface area contributed by atoms with Crippen LogP contribution in [0.15, 0.2) is 11.2 Å². The molecule has 0 saturated carbocycles. The second kappa shape index (κ2) is 9.71. The van der Waals surface area contributed by atoms with Gasteiger partial charge >= 0.3 is 0 Å². The zero-order valence-electron chi connectivity index (χ0n) is 11.6. The van der Waals surface area contributed by atoms with Gasteiger partial charge in [-0.15, -0.1) is 11.3 Å². The number of guanidine groups is 1. The highest BCUT2D eigenvalue weighted by molar-refractivity contribution is 7.11. The van der Waals surface area contributed by atoms with Gasteiger partial charge < -0.3 is 10.1 Å². The van der Waals surface area contributed by atoms with E-state index in [0.717, 1.165) is 37.6 Å². The Hall–Kier alpha value is -1.18. The Kier molecular flexibility index (Phi) is 8.11. The van der Waals surface area contributed by atoms with Crippen molar-refractivity contribution < 1.29 is 4.74 Å². The lowest BCUT2D eigenvalue weighted by atomic mass is 10.4. The number of aryl methyl sites for hydroxylation is 1. The minimum Gasteiger partial charge on any atom is -0.382 e. The lowest BCUT2D eigenvalue weighted by molar-refractivity contribution is 0.145. The van der Waals surface area contributed by atoms with Crippen molar-refractivity contribution in [1.29, 1.82) is 0 Å². The Balaban J connectivity index is 2.30. The lowest BCUT2D eigenvalue weighted by Crippen LogP contribution is -2.42. The molecule has 0 unspecified atom stereocenters. The molecule has 108 valence electrons. The molecular weight excluding hydrogens is 262 g/mol. The first-order valence-electron chi connectivity index (χ1n) is 6.56. The van der Waals surface area contributed by atoms with E-state index in [2.05, 4.69) is 27.6 Å². The summed E-state index contributed by atoms with van der Waals surface area (Å²) in [5, 5.41) is 4.13. The maximum Gasteiger partial charge on any atom is 0.206 e. The first-order chi connectivity index (χ1) is 9.30. The topological polar surface area (TPSA) is 84.6 Å². The summed E-state index contributed by atoms with van der Waals surface area (Å²) in [5.41, 5.74) is 2.56. The van der Waals surface area contributed by atoms with Gasteiger partial charge in [-0.2, -0.15) is 0 Å². The van der Waals surface area contributed by atoms with Crippen LogP contribution in [0.4, 0.5) is 0 Å². The Bertz CT molecular complexity index is 380. The molecule has 7 heteroatoms. The number of hydrogen-bond donors (Lipinski definition) is 3. The lowest BCUT2D eigenvalue weighted by Gasteiger charge is -2.08. The molecule has 1 aromatic rings. The van der Waals surface area contributed by atoms with Crippen LogP contribution in [-0.2, 0) is 17.7 Å². The van der Waals surface area contributed by atoms with Crippen LogP contribution in [0.25, 0.3) is 0 Å². The van der Waals surface area contributed by atoms with E-state index in [1.54, 1.807) is 11.3 Å². The van der Waals surface area contributed by atoms with Gasteiger partial charge in [0, 0.05) is 30.8 Å². The van der Waals surface area contributed by atoms with E-state index < -0.39 is 0 Å². The molecular formula is C12H23N5OS. The summed E-state index contributed by atoms with van der Waals surface area (Å²) in [6.45, 7) is 6.92. The number of nitrogens with two attached hydrogens (primary N) is 1. The van der Waals surface area contributed by atoms with Crippen LogP contribution in [0, 0.1) is 0 Å². The molecule has 19 heavy (non-hydrogen) atoms. The van der Waals surface area contributed by atoms with Gasteiger partial charge in [-0.05, 0) is 19.8 Å². The fraction of sp³-hybridized carbons (Fsp3) is 0.667. The molecule has 0 radical (unpaired) electrons. The van der Waals surface area contributed by atoms with E-state index in [1.807, 2.05) is 13.1 Å². The number of rotatable bonds is 8. The second-order valence-electron chi connectivity index (χ2n) is 3.86. The van der Waals surface area contributed by atoms with Gasteiger partial charge in [-0.25, -0.2) is 15.8 Å². The number of nitrogens with zero attached hydrogens (tertiary/aromatic N) is 2. The van der Waals surface area contributed by atoms with Crippen LogP contribution < -0.4 is 16.6 Å². The maximum atomic E-state index is 5.42. The summed E-state index contributed by atoms with van der Waals surface area (Å²) in [6, 6.07) is 0. The minimum atomic E-state index is 0.544. The predicted octanol–water partition coefficient (Wildman–Crippen LogP) is 1.04. The highest BCUT2D eigenvalue weighted by atomic mass is 32.1. The average molecular weight is 285 g/mol. The third-order valence-electron chi connectivity index (χ3n) is 2.42. The zero-order chi connectivity index (χ0) is 13.9. The van der Waals surface area contributed by atoms with E-state index >= 15 is 0 Å². The van der Waals surface area contributed by atoms with Gasteiger partial charge in [0.2, 0.25) is 5.96 Å². The average Bonchev–Trinajstić information content (AvgIpc) is 2.90. The summed E-state index contributed by atoms with van der Waals surface area (Å²) in [6.07, 6.45) is 3.84. The number of hydrogen-bond acceptors (Lipinski definition) is 5. The number of aromatic nitrogens is 1. The summed E-state index contributed by atoms with van der Waals surface area (Å²) < 4.78 is 5.25. The van der Waals surface area contributed by atoms with Crippen LogP contribution >= 0.6 is 11.3 Å². The summed E-state index contributed by atoms with van der Waals surface area (Å²) in [5.74, 6) is 6.01. The highest BCUT2D eigenvalue weighted by Crippen LogP contribution is 2.13. The van der Waals surface area contributed by atoms with Crippen LogP contribution in [0.2, 0.25) is 0 Å². The normalized spacial score (nSPS) is 11.6. The zero-order valence-corrected chi connectivity index (χ0v) is 12.4. The quantitative estimate of drug-likeness (QED) is 0.218. The largest absolute Gasteiger partial charge is 0.382 e. The van der Waals surface area contributed by atoms with Crippen molar-refractivity contribution in [2.45, 2.75) is 33.2 Å². The molecule has 4 N–H and O–H groups in total. The predicted molar refractivity (Wildman–Crippen MR) is 79.1 cm³/mol. The second-order valence-corrected chi connectivity index (χ2v) is 5.06. The van der Waals surface area contributed by atoms with Crippen molar-refractivity contribution in [3.63, 3.8) is 0 Å². The van der Waals surface area contributed by atoms with Crippen LogP contribution in [0.1, 0.15) is 30.2 Å². The minimum absolute atomic E-state index is 0.544. The molecule has 0 bridgehead atoms. The SMILES string of the molecule is CCOCCCNC(=NCc1ncc(CC)s1)NN. The maximum absolute atomic E-state index is 5.42. The van der Waals surface area contributed by atoms with Gasteiger partial charge in [-0.1, -0.05) is 6.92 Å². The van der Waals surface area contributed by atoms with Gasteiger partial charge in [-0.3, -0.25) is 5.43 Å². The number of ether oxygens (including phenoxy) is 1. The Morgan fingerprint density at radius 3 is 3.00 bits per heavy atom. The molecule has 0 saturated heterocycles. The summed E-state index contributed by atoms with van der Waals surface area (Å²) >= 11 is 1.69. The molecule has 0 amide bonds. The molecule has 0 atom stereocenters. The van der Waals surface area contributed by atoms with Gasteiger partial charge in [0.25, 0.3) is 0 Å². The van der Waals surface area contributed by atoms with Crippen LogP contribution in [0.3, 0.4) is 0 Å². The van der Waals surface area contributed by atoms with Crippen molar-refractivity contribution >= 4 is 17.3 Å². The summed E-state index contributed by atoms with van der Waals surface area (Å²) in [4.78, 5) is 9.94. The first-order valence-corrected chi connectivity index (χ1v) is 7.38. The van der Waals surface area contributed by atoms with Crippen LogP contribution in [-0.4, -0.2) is 30.7 Å². The monoisotopic (exact) mass is 285 g/mol. The smallest absolute Gasteiger partial charge is 0.206 e.